The largest absolute Gasteiger partial charge is 0.347 e. The molecule has 6 heteroatoms. The van der Waals surface area contributed by atoms with Crippen LogP contribution in [0.1, 0.15) is 16.2 Å². The van der Waals surface area contributed by atoms with E-state index in [2.05, 4.69) is 15.0 Å². The lowest BCUT2D eigenvalue weighted by atomic mass is 10.2. The van der Waals surface area contributed by atoms with Gasteiger partial charge in [-0.2, -0.15) is 0 Å². The number of hydrogen-bond donors (Lipinski definition) is 2. The van der Waals surface area contributed by atoms with Crippen molar-refractivity contribution in [3.8, 4) is 0 Å². The molecule has 0 fully saturated rings. The monoisotopic (exact) mass is 232 g/mol. The van der Waals surface area contributed by atoms with Gasteiger partial charge < -0.3 is 14.9 Å². The molecule has 2 aromatic rings. The highest BCUT2D eigenvalue weighted by Crippen LogP contribution is 2.03. The molecule has 2 heterocycles. The molecule has 2 aromatic heterocycles. The molecule has 2 N–H and O–H groups in total. The molecule has 0 bridgehead atoms. The van der Waals surface area contributed by atoms with Crippen molar-refractivity contribution >= 4 is 5.91 Å². The number of pyridine rings is 1. The van der Waals surface area contributed by atoms with Gasteiger partial charge in [-0.15, -0.1) is 0 Å². The van der Waals surface area contributed by atoms with E-state index in [1.807, 2.05) is 0 Å². The molecule has 0 unspecified atom stereocenters. The summed E-state index contributed by atoms with van der Waals surface area (Å²) in [6.07, 6.45) is 4.78. The zero-order chi connectivity index (χ0) is 12.3. The average Bonchev–Trinajstić information content (AvgIpc) is 2.80. The van der Waals surface area contributed by atoms with Crippen LogP contribution in [0, 0.1) is 0 Å². The predicted molar refractivity (Wildman–Crippen MR) is 61.4 cm³/mol. The van der Waals surface area contributed by atoms with E-state index in [0.29, 0.717) is 17.9 Å². The summed E-state index contributed by atoms with van der Waals surface area (Å²) in [7, 11) is 1.66. The second-order valence-electron chi connectivity index (χ2n) is 3.64. The van der Waals surface area contributed by atoms with E-state index < -0.39 is 0 Å². The van der Waals surface area contributed by atoms with Crippen molar-refractivity contribution in [1.82, 2.24) is 19.9 Å². The van der Waals surface area contributed by atoms with Crippen LogP contribution in [0.4, 0.5) is 0 Å². The van der Waals surface area contributed by atoms with Crippen LogP contribution in [-0.2, 0) is 6.54 Å². The van der Waals surface area contributed by atoms with Crippen LogP contribution in [0.5, 0.6) is 0 Å². The highest BCUT2D eigenvalue weighted by atomic mass is 16.2. The smallest absolute Gasteiger partial charge is 0.254 e. The fourth-order valence-corrected chi connectivity index (χ4v) is 1.48. The first-order valence-corrected chi connectivity index (χ1v) is 5.09. The number of rotatable bonds is 3. The fraction of sp³-hybridized carbons (Fsp3) is 0.182. The van der Waals surface area contributed by atoms with E-state index in [1.165, 1.54) is 17.2 Å². The van der Waals surface area contributed by atoms with Gasteiger partial charge in [0.25, 0.3) is 5.91 Å². The third kappa shape index (κ3) is 2.60. The minimum Gasteiger partial charge on any atom is -0.347 e. The molecule has 0 spiro atoms. The Balaban J connectivity index is 2.12. The number of carbonyl (C=O) groups excluding carboxylic acids is 1. The Bertz CT molecular complexity index is 559. The van der Waals surface area contributed by atoms with E-state index in [0.717, 1.165) is 0 Å². The predicted octanol–water partition coefficient (Wildman–Crippen LogP) is 0.370. The summed E-state index contributed by atoms with van der Waals surface area (Å²) >= 11 is 0. The Morgan fingerprint density at radius 1 is 1.41 bits per heavy atom. The second-order valence-corrected chi connectivity index (χ2v) is 3.64. The summed E-state index contributed by atoms with van der Waals surface area (Å²) in [5.74, 6) is 0.484. The van der Waals surface area contributed by atoms with Gasteiger partial charge in [-0.25, -0.2) is 4.98 Å². The summed E-state index contributed by atoms with van der Waals surface area (Å²) in [4.78, 5) is 33.9. The number of nitrogens with one attached hydrogen (secondary N) is 2. The van der Waals surface area contributed by atoms with Crippen molar-refractivity contribution in [2.75, 3.05) is 7.05 Å². The number of carbonyl (C=O) groups is 1. The number of aromatic nitrogens is 3. The van der Waals surface area contributed by atoms with E-state index in [9.17, 15) is 9.59 Å². The van der Waals surface area contributed by atoms with Crippen LogP contribution >= 0.6 is 0 Å². The van der Waals surface area contributed by atoms with Gasteiger partial charge in [-0.3, -0.25) is 9.59 Å². The van der Waals surface area contributed by atoms with Gasteiger partial charge in [0.2, 0.25) is 5.56 Å². The standard InChI is InChI=1S/C11H12N4O2/c1-15(7-9-12-4-5-13-9)11(17)8-2-3-14-10(16)6-8/h2-6H,7H2,1H3,(H,12,13)(H,14,16). The van der Waals surface area contributed by atoms with Crippen molar-refractivity contribution in [2.45, 2.75) is 6.54 Å². The normalized spacial score (nSPS) is 10.2. The number of aromatic amines is 2. The number of imidazole rings is 1. The maximum absolute atomic E-state index is 12.0. The SMILES string of the molecule is CN(Cc1ncc[nH]1)C(=O)c1cc[nH]c(=O)c1. The number of H-pyrrole nitrogens is 2. The van der Waals surface area contributed by atoms with E-state index in [-0.39, 0.29) is 11.5 Å². The molecule has 0 aliphatic heterocycles. The van der Waals surface area contributed by atoms with Crippen molar-refractivity contribution in [2.24, 2.45) is 0 Å². The summed E-state index contributed by atoms with van der Waals surface area (Å²) in [5, 5.41) is 0. The summed E-state index contributed by atoms with van der Waals surface area (Å²) in [6, 6.07) is 2.85. The minimum absolute atomic E-state index is 0.215. The Morgan fingerprint density at radius 2 is 2.24 bits per heavy atom. The molecule has 2 rings (SSSR count). The molecule has 0 saturated carbocycles. The number of nitrogens with zero attached hydrogens (tertiary/aromatic N) is 2. The van der Waals surface area contributed by atoms with Gasteiger partial charge in [0.1, 0.15) is 5.82 Å². The van der Waals surface area contributed by atoms with Crippen LogP contribution in [0.15, 0.2) is 35.5 Å². The summed E-state index contributed by atoms with van der Waals surface area (Å²) < 4.78 is 0. The first-order chi connectivity index (χ1) is 8.16. The Kier molecular flexibility index (Phi) is 3.04. The van der Waals surface area contributed by atoms with Gasteiger partial charge in [-0.1, -0.05) is 0 Å². The third-order valence-corrected chi connectivity index (χ3v) is 2.31. The molecular formula is C11H12N4O2. The van der Waals surface area contributed by atoms with E-state index >= 15 is 0 Å². The van der Waals surface area contributed by atoms with E-state index in [4.69, 9.17) is 0 Å². The third-order valence-electron chi connectivity index (χ3n) is 2.31. The van der Waals surface area contributed by atoms with Crippen LogP contribution in [0.3, 0.4) is 0 Å². The number of amides is 1. The van der Waals surface area contributed by atoms with Crippen molar-refractivity contribution in [3.05, 3.63) is 52.5 Å². The second kappa shape index (κ2) is 4.65. The quantitative estimate of drug-likeness (QED) is 0.802. The van der Waals surface area contributed by atoms with Gasteiger partial charge >= 0.3 is 0 Å². The van der Waals surface area contributed by atoms with Gasteiger partial charge in [0.15, 0.2) is 0 Å². The van der Waals surface area contributed by atoms with Crippen molar-refractivity contribution in [3.63, 3.8) is 0 Å². The van der Waals surface area contributed by atoms with Crippen LogP contribution in [0.2, 0.25) is 0 Å². The Morgan fingerprint density at radius 3 is 2.88 bits per heavy atom. The maximum Gasteiger partial charge on any atom is 0.254 e. The molecular weight excluding hydrogens is 220 g/mol. The molecule has 0 aliphatic carbocycles. The Hall–Kier alpha value is -2.37. The molecule has 88 valence electrons. The average molecular weight is 232 g/mol. The van der Waals surface area contributed by atoms with Gasteiger partial charge in [0, 0.05) is 37.3 Å². The van der Waals surface area contributed by atoms with Crippen LogP contribution < -0.4 is 5.56 Å². The summed E-state index contributed by atoms with van der Waals surface area (Å²) in [5.41, 5.74) is 0.0741. The molecule has 1 amide bonds. The van der Waals surface area contributed by atoms with Crippen molar-refractivity contribution < 1.29 is 4.79 Å². The van der Waals surface area contributed by atoms with Crippen LogP contribution in [-0.4, -0.2) is 32.8 Å². The lowest BCUT2D eigenvalue weighted by molar-refractivity contribution is 0.0781. The zero-order valence-electron chi connectivity index (χ0n) is 9.30. The zero-order valence-corrected chi connectivity index (χ0v) is 9.30. The molecule has 0 radical (unpaired) electrons. The summed E-state index contributed by atoms with van der Waals surface area (Å²) in [6.45, 7) is 0.374. The van der Waals surface area contributed by atoms with Gasteiger partial charge in [0.05, 0.1) is 6.54 Å². The lowest BCUT2D eigenvalue weighted by Crippen LogP contribution is -2.27. The maximum atomic E-state index is 12.0. The van der Waals surface area contributed by atoms with E-state index in [1.54, 1.807) is 25.5 Å². The first kappa shape index (κ1) is 11.1. The molecule has 0 aliphatic rings. The first-order valence-electron chi connectivity index (χ1n) is 5.09. The highest BCUT2D eigenvalue weighted by Gasteiger charge is 2.12. The molecule has 0 atom stereocenters. The molecule has 6 nitrogen and oxygen atoms in total. The number of hydrogen-bond acceptors (Lipinski definition) is 3. The van der Waals surface area contributed by atoms with Crippen molar-refractivity contribution in [1.29, 1.82) is 0 Å². The molecule has 17 heavy (non-hydrogen) atoms. The molecule has 0 saturated heterocycles. The highest BCUT2D eigenvalue weighted by molar-refractivity contribution is 5.93. The Labute approximate surface area is 97.3 Å². The fourth-order valence-electron chi connectivity index (χ4n) is 1.48. The molecule has 0 aromatic carbocycles. The lowest BCUT2D eigenvalue weighted by Gasteiger charge is -2.15. The van der Waals surface area contributed by atoms with Crippen LogP contribution in [0.25, 0.3) is 0 Å². The topological polar surface area (TPSA) is 81.8 Å². The van der Waals surface area contributed by atoms with Gasteiger partial charge in [-0.05, 0) is 6.07 Å². The minimum atomic E-state index is -0.290.